The van der Waals surface area contributed by atoms with Gasteiger partial charge >= 0.3 is 0 Å². The first-order valence-corrected chi connectivity index (χ1v) is 8.97. The van der Waals surface area contributed by atoms with Crippen LogP contribution in [0.3, 0.4) is 0 Å². The quantitative estimate of drug-likeness (QED) is 0.228. The SMILES string of the molecule is C=C=CCC=O.CC=CC=O.CCC=CC=CC(C)=O.CCC=CC=CC=O. The van der Waals surface area contributed by atoms with E-state index in [1.165, 1.54) is 19.1 Å². The first kappa shape index (κ1) is 32.6. The molecular formula is C24H34O4. The molecule has 0 fully saturated rings. The Balaban J connectivity index is -0.000000141. The van der Waals surface area contributed by atoms with Crippen molar-refractivity contribution in [1.29, 1.82) is 0 Å². The Morgan fingerprint density at radius 3 is 1.68 bits per heavy atom. The van der Waals surface area contributed by atoms with E-state index in [0.717, 1.165) is 31.7 Å². The topological polar surface area (TPSA) is 68.3 Å². The van der Waals surface area contributed by atoms with E-state index >= 15 is 0 Å². The van der Waals surface area contributed by atoms with Crippen LogP contribution in [0.1, 0.15) is 47.0 Å². The van der Waals surface area contributed by atoms with Crippen LogP contribution in [0.5, 0.6) is 0 Å². The van der Waals surface area contributed by atoms with Crippen molar-refractivity contribution >= 4 is 24.6 Å². The van der Waals surface area contributed by atoms with Crippen molar-refractivity contribution in [3.05, 3.63) is 79.1 Å². The third kappa shape index (κ3) is 66.0. The molecule has 28 heavy (non-hydrogen) atoms. The van der Waals surface area contributed by atoms with Gasteiger partial charge in [0, 0.05) is 6.42 Å². The molecule has 0 heterocycles. The molecule has 0 amide bonds. The summed E-state index contributed by atoms with van der Waals surface area (Å²) in [5, 5.41) is 0. The minimum Gasteiger partial charge on any atom is -0.303 e. The highest BCUT2D eigenvalue weighted by Crippen LogP contribution is 1.81. The Hall–Kier alpha value is -3.10. The molecule has 4 nitrogen and oxygen atoms in total. The van der Waals surface area contributed by atoms with Gasteiger partial charge in [-0.25, -0.2) is 0 Å². The van der Waals surface area contributed by atoms with Crippen LogP contribution < -0.4 is 0 Å². The fraction of sp³-hybridized carbons (Fsp3) is 0.292. The van der Waals surface area contributed by atoms with Crippen LogP contribution in [-0.2, 0) is 19.2 Å². The summed E-state index contributed by atoms with van der Waals surface area (Å²) < 4.78 is 0. The van der Waals surface area contributed by atoms with Gasteiger partial charge in [-0.2, -0.15) is 0 Å². The van der Waals surface area contributed by atoms with Gasteiger partial charge in [-0.15, -0.1) is 5.73 Å². The third-order valence-corrected chi connectivity index (χ3v) is 2.12. The number of hydrogen-bond donors (Lipinski definition) is 0. The zero-order valence-electron chi connectivity index (χ0n) is 17.5. The van der Waals surface area contributed by atoms with E-state index in [1.807, 2.05) is 31.2 Å². The molecule has 0 aliphatic rings. The van der Waals surface area contributed by atoms with E-state index in [0.29, 0.717) is 6.42 Å². The van der Waals surface area contributed by atoms with E-state index in [9.17, 15) is 19.2 Å². The van der Waals surface area contributed by atoms with Crippen LogP contribution in [0.2, 0.25) is 0 Å². The molecule has 0 rings (SSSR count). The molecule has 0 aromatic heterocycles. The molecule has 0 saturated heterocycles. The molecule has 0 bridgehead atoms. The fourth-order valence-electron chi connectivity index (χ4n) is 0.940. The number of rotatable bonds is 9. The maximum atomic E-state index is 10.3. The minimum atomic E-state index is 0.0933. The predicted molar refractivity (Wildman–Crippen MR) is 119 cm³/mol. The average Bonchev–Trinajstić information content (AvgIpc) is 2.69. The highest BCUT2D eigenvalue weighted by molar-refractivity contribution is 5.87. The Labute approximate surface area is 170 Å². The van der Waals surface area contributed by atoms with Crippen molar-refractivity contribution in [2.24, 2.45) is 0 Å². The minimum absolute atomic E-state index is 0.0933. The van der Waals surface area contributed by atoms with Gasteiger partial charge in [-0.05, 0) is 51.0 Å². The molecule has 0 aromatic rings. The summed E-state index contributed by atoms with van der Waals surface area (Å²) in [6.45, 7) is 10.7. The lowest BCUT2D eigenvalue weighted by molar-refractivity contribution is -0.112. The first-order chi connectivity index (χ1) is 13.5. The zero-order valence-corrected chi connectivity index (χ0v) is 17.5. The van der Waals surface area contributed by atoms with E-state index in [4.69, 9.17) is 0 Å². The van der Waals surface area contributed by atoms with Crippen molar-refractivity contribution in [2.45, 2.75) is 47.0 Å². The van der Waals surface area contributed by atoms with Crippen molar-refractivity contribution in [1.82, 2.24) is 0 Å². The molecule has 0 unspecified atom stereocenters. The molecular weight excluding hydrogens is 352 g/mol. The summed E-state index contributed by atoms with van der Waals surface area (Å²) in [7, 11) is 0. The number of allylic oxidation sites excluding steroid dienone is 11. The molecule has 0 aliphatic heterocycles. The molecule has 0 N–H and O–H groups in total. The molecule has 0 aliphatic carbocycles. The maximum absolute atomic E-state index is 10.3. The van der Waals surface area contributed by atoms with Crippen LogP contribution in [0.4, 0.5) is 0 Å². The Morgan fingerprint density at radius 1 is 0.857 bits per heavy atom. The lowest BCUT2D eigenvalue weighted by atomic mass is 10.3. The Kier molecular flexibility index (Phi) is 45.5. The zero-order chi connectivity index (χ0) is 22.3. The number of carbonyl (C=O) groups excluding carboxylic acids is 4. The summed E-state index contributed by atoms with van der Waals surface area (Å²) in [6, 6.07) is 0. The molecule has 0 radical (unpaired) electrons. The Morgan fingerprint density at radius 2 is 1.39 bits per heavy atom. The molecule has 154 valence electrons. The van der Waals surface area contributed by atoms with Crippen LogP contribution in [0, 0.1) is 0 Å². The second kappa shape index (κ2) is 39.1. The molecule has 0 atom stereocenters. The largest absolute Gasteiger partial charge is 0.303 e. The highest BCUT2D eigenvalue weighted by Gasteiger charge is 1.75. The van der Waals surface area contributed by atoms with Gasteiger partial charge in [0.15, 0.2) is 5.78 Å². The highest BCUT2D eigenvalue weighted by atomic mass is 16.1. The van der Waals surface area contributed by atoms with Crippen molar-refractivity contribution < 1.29 is 19.2 Å². The van der Waals surface area contributed by atoms with E-state index in [1.54, 1.807) is 37.3 Å². The van der Waals surface area contributed by atoms with Gasteiger partial charge in [0.1, 0.15) is 18.9 Å². The predicted octanol–water partition coefficient (Wildman–Crippen LogP) is 5.48. The van der Waals surface area contributed by atoms with Crippen molar-refractivity contribution in [3.63, 3.8) is 0 Å². The van der Waals surface area contributed by atoms with Crippen LogP contribution >= 0.6 is 0 Å². The van der Waals surface area contributed by atoms with Crippen LogP contribution in [0.25, 0.3) is 0 Å². The molecule has 0 saturated carbocycles. The smallest absolute Gasteiger partial charge is 0.152 e. The molecule has 0 aromatic carbocycles. The first-order valence-electron chi connectivity index (χ1n) is 8.97. The van der Waals surface area contributed by atoms with Crippen LogP contribution in [0.15, 0.2) is 79.1 Å². The summed E-state index contributed by atoms with van der Waals surface area (Å²) in [5.41, 5.74) is 2.46. The summed E-state index contributed by atoms with van der Waals surface area (Å²) in [6.07, 6.45) is 23.7. The lowest BCUT2D eigenvalue weighted by Crippen LogP contribution is -1.77. The standard InChI is InChI=1S/C8H12O.C7H10O.C5H6O.C4H6O/c1-3-4-5-6-7-8(2)9;1-2-3-4-5-6-7-8;1-2-3-4-5-6;1-2-3-4-5/h4-7H,3H2,1-2H3;3-7H,2H2,1H3;3,5H,1,4H2;2-4H,1H3. The van der Waals surface area contributed by atoms with Crippen molar-refractivity contribution in [2.75, 3.05) is 0 Å². The van der Waals surface area contributed by atoms with Gasteiger partial charge in [0.05, 0.1) is 0 Å². The normalized spacial score (nSPS) is 9.71. The number of aldehydes is 3. The van der Waals surface area contributed by atoms with E-state index in [2.05, 4.69) is 19.2 Å². The lowest BCUT2D eigenvalue weighted by Gasteiger charge is -1.74. The van der Waals surface area contributed by atoms with Gasteiger partial charge in [0.25, 0.3) is 0 Å². The monoisotopic (exact) mass is 386 g/mol. The maximum Gasteiger partial charge on any atom is 0.152 e. The Bertz CT molecular complexity index is 555. The van der Waals surface area contributed by atoms with Crippen LogP contribution in [-0.4, -0.2) is 24.6 Å². The van der Waals surface area contributed by atoms with Gasteiger partial charge < -0.3 is 4.79 Å². The summed E-state index contributed by atoms with van der Waals surface area (Å²) in [5.74, 6) is 0.0933. The van der Waals surface area contributed by atoms with E-state index in [-0.39, 0.29) is 5.78 Å². The fourth-order valence-corrected chi connectivity index (χ4v) is 0.940. The second-order valence-electron chi connectivity index (χ2n) is 4.64. The summed E-state index contributed by atoms with van der Waals surface area (Å²) in [4.78, 5) is 38.7. The van der Waals surface area contributed by atoms with E-state index < -0.39 is 0 Å². The molecule has 0 spiro atoms. The van der Waals surface area contributed by atoms with Gasteiger partial charge in [0.2, 0.25) is 0 Å². The average molecular weight is 387 g/mol. The molecule has 4 heteroatoms. The van der Waals surface area contributed by atoms with Gasteiger partial charge in [-0.1, -0.05) is 63.0 Å². The van der Waals surface area contributed by atoms with Crippen molar-refractivity contribution in [3.8, 4) is 0 Å². The number of hydrogen-bond acceptors (Lipinski definition) is 4. The van der Waals surface area contributed by atoms with Gasteiger partial charge in [-0.3, -0.25) is 14.4 Å². The summed E-state index contributed by atoms with van der Waals surface area (Å²) >= 11 is 0. The second-order valence-corrected chi connectivity index (χ2v) is 4.64. The number of carbonyl (C=O) groups is 4. The number of ketones is 1. The third-order valence-electron chi connectivity index (χ3n) is 2.12.